The summed E-state index contributed by atoms with van der Waals surface area (Å²) < 4.78 is 0. The lowest BCUT2D eigenvalue weighted by Gasteiger charge is -2.34. The van der Waals surface area contributed by atoms with Crippen LogP contribution in [-0.2, 0) is 9.59 Å². The van der Waals surface area contributed by atoms with Crippen LogP contribution in [0, 0.1) is 0 Å². The Kier molecular flexibility index (Phi) is 6.67. The maximum Gasteiger partial charge on any atom is 0.304 e. The smallest absolute Gasteiger partial charge is 0.304 e. The molecule has 0 saturated carbocycles. The Morgan fingerprint density at radius 1 is 1.17 bits per heavy atom. The summed E-state index contributed by atoms with van der Waals surface area (Å²) in [5, 5.41) is 11.6. The summed E-state index contributed by atoms with van der Waals surface area (Å²) in [6, 6.07) is 0. The van der Waals surface area contributed by atoms with E-state index in [-0.39, 0.29) is 12.3 Å². The van der Waals surface area contributed by atoms with Gasteiger partial charge in [-0.25, -0.2) is 0 Å². The highest BCUT2D eigenvalue weighted by Gasteiger charge is 2.20. The number of aliphatic carboxylic acids is 1. The summed E-state index contributed by atoms with van der Waals surface area (Å²) in [7, 11) is 1.88. The van der Waals surface area contributed by atoms with Gasteiger partial charge >= 0.3 is 5.97 Å². The van der Waals surface area contributed by atoms with Gasteiger partial charge in [-0.2, -0.15) is 0 Å². The average Bonchev–Trinajstić information content (AvgIpc) is 2.37. The second-order valence-corrected chi connectivity index (χ2v) is 4.57. The van der Waals surface area contributed by atoms with Crippen molar-refractivity contribution >= 4 is 11.9 Å². The van der Waals surface area contributed by atoms with Gasteiger partial charge in [0.25, 0.3) is 0 Å². The molecule has 0 atom stereocenters. The fourth-order valence-electron chi connectivity index (χ4n) is 2.05. The monoisotopic (exact) mass is 257 g/mol. The van der Waals surface area contributed by atoms with Crippen molar-refractivity contribution < 1.29 is 14.7 Å². The first kappa shape index (κ1) is 14.9. The van der Waals surface area contributed by atoms with Gasteiger partial charge in [0, 0.05) is 39.1 Å². The summed E-state index contributed by atoms with van der Waals surface area (Å²) >= 11 is 0. The molecule has 1 amide bonds. The molecule has 0 bridgehead atoms. The predicted molar refractivity (Wildman–Crippen MR) is 68.4 cm³/mol. The number of hydrogen-bond donors (Lipinski definition) is 2. The number of carbonyl (C=O) groups excluding carboxylic acids is 1. The molecule has 18 heavy (non-hydrogen) atoms. The molecule has 0 unspecified atom stereocenters. The van der Waals surface area contributed by atoms with Crippen molar-refractivity contribution in [2.75, 3.05) is 46.3 Å². The predicted octanol–water partition coefficient (Wildman–Crippen LogP) is -0.395. The molecule has 0 spiro atoms. The molecule has 1 aliphatic rings. The van der Waals surface area contributed by atoms with Crippen LogP contribution in [-0.4, -0.2) is 73.1 Å². The van der Waals surface area contributed by atoms with Crippen molar-refractivity contribution in [3.63, 3.8) is 0 Å². The van der Waals surface area contributed by atoms with E-state index < -0.39 is 5.97 Å². The molecule has 0 aromatic heterocycles. The highest BCUT2D eigenvalue weighted by Crippen LogP contribution is 2.05. The van der Waals surface area contributed by atoms with Gasteiger partial charge in [-0.15, -0.1) is 0 Å². The second-order valence-electron chi connectivity index (χ2n) is 4.57. The van der Waals surface area contributed by atoms with Crippen LogP contribution in [0.2, 0.25) is 0 Å². The average molecular weight is 257 g/mol. The maximum atomic E-state index is 11.8. The minimum atomic E-state index is -0.763. The van der Waals surface area contributed by atoms with Gasteiger partial charge < -0.3 is 15.3 Å². The quantitative estimate of drug-likeness (QED) is 0.607. The Labute approximate surface area is 108 Å². The number of carbonyl (C=O) groups is 2. The summed E-state index contributed by atoms with van der Waals surface area (Å²) in [5.41, 5.74) is 0. The van der Waals surface area contributed by atoms with Crippen molar-refractivity contribution in [2.45, 2.75) is 19.3 Å². The topological polar surface area (TPSA) is 72.9 Å². The Balaban J connectivity index is 2.17. The Hall–Kier alpha value is -1.14. The minimum Gasteiger partial charge on any atom is -0.481 e. The van der Waals surface area contributed by atoms with Gasteiger partial charge in [-0.1, -0.05) is 0 Å². The zero-order valence-electron chi connectivity index (χ0n) is 11.0. The van der Waals surface area contributed by atoms with E-state index in [9.17, 15) is 9.59 Å². The zero-order chi connectivity index (χ0) is 13.4. The number of rotatable bonds is 7. The zero-order valence-corrected chi connectivity index (χ0v) is 11.0. The molecule has 2 N–H and O–H groups in total. The summed E-state index contributed by atoms with van der Waals surface area (Å²) in [6.07, 6.45) is 1.64. The van der Waals surface area contributed by atoms with Crippen molar-refractivity contribution in [3.05, 3.63) is 0 Å². The van der Waals surface area contributed by atoms with Crippen molar-refractivity contribution in [2.24, 2.45) is 0 Å². The number of carboxylic acid groups (broad SMARTS) is 1. The molecule has 0 aromatic rings. The van der Waals surface area contributed by atoms with E-state index in [1.165, 1.54) is 0 Å². The van der Waals surface area contributed by atoms with E-state index in [1.54, 1.807) is 0 Å². The summed E-state index contributed by atoms with van der Waals surface area (Å²) in [5.74, 6) is -0.552. The van der Waals surface area contributed by atoms with E-state index in [1.807, 2.05) is 11.9 Å². The van der Waals surface area contributed by atoms with Gasteiger partial charge in [-0.05, 0) is 20.0 Å². The molecule has 0 aliphatic carbocycles. The molecule has 1 fully saturated rings. The summed E-state index contributed by atoms with van der Waals surface area (Å²) in [4.78, 5) is 26.3. The third-order valence-electron chi connectivity index (χ3n) is 3.18. The molecular weight excluding hydrogens is 234 g/mol. The molecular formula is C12H23N3O3. The molecule has 6 heteroatoms. The van der Waals surface area contributed by atoms with Crippen LogP contribution in [0.25, 0.3) is 0 Å². The van der Waals surface area contributed by atoms with Crippen LogP contribution in [0.1, 0.15) is 19.3 Å². The highest BCUT2D eigenvalue weighted by molar-refractivity contribution is 5.76. The van der Waals surface area contributed by atoms with Crippen molar-refractivity contribution in [3.8, 4) is 0 Å². The minimum absolute atomic E-state index is 0.177. The fourth-order valence-corrected chi connectivity index (χ4v) is 2.05. The number of piperazine rings is 1. The Morgan fingerprint density at radius 3 is 2.39 bits per heavy atom. The number of nitrogens with zero attached hydrogens (tertiary/aromatic N) is 2. The van der Waals surface area contributed by atoms with Crippen LogP contribution in [0.15, 0.2) is 0 Å². The lowest BCUT2D eigenvalue weighted by atomic mass is 10.2. The number of nitrogens with one attached hydrogen (secondary N) is 1. The molecule has 1 saturated heterocycles. The molecule has 1 rings (SSSR count). The van der Waals surface area contributed by atoms with E-state index >= 15 is 0 Å². The third-order valence-corrected chi connectivity index (χ3v) is 3.18. The van der Waals surface area contributed by atoms with Gasteiger partial charge in [-0.3, -0.25) is 14.5 Å². The molecule has 6 nitrogen and oxygen atoms in total. The number of amides is 1. The number of hydrogen-bond acceptors (Lipinski definition) is 4. The van der Waals surface area contributed by atoms with Crippen LogP contribution in [0.3, 0.4) is 0 Å². The highest BCUT2D eigenvalue weighted by atomic mass is 16.4. The standard InChI is InChI=1S/C12H23N3O3/c1-13-5-2-3-11(16)15-9-7-14(8-10-15)6-4-12(17)18/h13H,2-10H2,1H3,(H,17,18). The lowest BCUT2D eigenvalue weighted by Crippen LogP contribution is -2.49. The Morgan fingerprint density at radius 2 is 1.83 bits per heavy atom. The van der Waals surface area contributed by atoms with E-state index in [0.717, 1.165) is 39.1 Å². The first-order valence-corrected chi connectivity index (χ1v) is 6.50. The van der Waals surface area contributed by atoms with E-state index in [4.69, 9.17) is 5.11 Å². The normalized spacial score (nSPS) is 16.8. The molecule has 0 aromatic carbocycles. The third kappa shape index (κ3) is 5.46. The molecule has 1 heterocycles. The second kappa shape index (κ2) is 8.05. The molecule has 0 radical (unpaired) electrons. The largest absolute Gasteiger partial charge is 0.481 e. The van der Waals surface area contributed by atoms with Gasteiger partial charge in [0.1, 0.15) is 0 Å². The first-order valence-electron chi connectivity index (χ1n) is 6.50. The van der Waals surface area contributed by atoms with Crippen molar-refractivity contribution in [1.82, 2.24) is 15.1 Å². The molecule has 104 valence electrons. The van der Waals surface area contributed by atoms with Gasteiger partial charge in [0.2, 0.25) is 5.91 Å². The van der Waals surface area contributed by atoms with Crippen LogP contribution >= 0.6 is 0 Å². The van der Waals surface area contributed by atoms with Crippen molar-refractivity contribution in [1.29, 1.82) is 0 Å². The van der Waals surface area contributed by atoms with Gasteiger partial charge in [0.15, 0.2) is 0 Å². The fraction of sp³-hybridized carbons (Fsp3) is 0.833. The van der Waals surface area contributed by atoms with Gasteiger partial charge in [0.05, 0.1) is 6.42 Å². The van der Waals surface area contributed by atoms with Crippen LogP contribution < -0.4 is 5.32 Å². The van der Waals surface area contributed by atoms with Crippen LogP contribution in [0.5, 0.6) is 0 Å². The maximum absolute atomic E-state index is 11.8. The number of carboxylic acids is 1. The summed E-state index contributed by atoms with van der Waals surface area (Å²) in [6.45, 7) is 4.45. The SMILES string of the molecule is CNCCCC(=O)N1CCN(CCC(=O)O)CC1. The first-order chi connectivity index (χ1) is 8.63. The van der Waals surface area contributed by atoms with E-state index in [2.05, 4.69) is 10.2 Å². The van der Waals surface area contributed by atoms with Crippen LogP contribution in [0.4, 0.5) is 0 Å². The lowest BCUT2D eigenvalue weighted by molar-refractivity contribution is -0.138. The van der Waals surface area contributed by atoms with E-state index in [0.29, 0.717) is 13.0 Å². The molecule has 1 aliphatic heterocycles. The Bertz CT molecular complexity index is 276.